The summed E-state index contributed by atoms with van der Waals surface area (Å²) in [6.07, 6.45) is 0.856. The maximum absolute atomic E-state index is 11.6. The maximum atomic E-state index is 11.6. The number of nitrogens with one attached hydrogen (secondary N) is 1. The van der Waals surface area contributed by atoms with Gasteiger partial charge in [0.1, 0.15) is 18.5 Å². The number of pyridine rings is 1. The van der Waals surface area contributed by atoms with Gasteiger partial charge in [-0.05, 0) is 25.0 Å². The number of nitriles is 1. The molecule has 4 rings (SSSR count). The van der Waals surface area contributed by atoms with Gasteiger partial charge in [0.2, 0.25) is 5.91 Å². The number of anilines is 1. The van der Waals surface area contributed by atoms with Crippen LogP contribution in [0.25, 0.3) is 10.9 Å². The van der Waals surface area contributed by atoms with E-state index in [1.807, 2.05) is 31.2 Å². The normalized spacial score (nSPS) is 23.5. The smallest absolute Gasteiger partial charge is 0.246 e. The number of carbonyl (C=O) groups excluding carboxylic acids is 1. The van der Waals surface area contributed by atoms with Gasteiger partial charge >= 0.3 is 0 Å². The molecule has 2 fully saturated rings. The lowest BCUT2D eigenvalue weighted by Crippen LogP contribution is -2.60. The summed E-state index contributed by atoms with van der Waals surface area (Å²) in [6, 6.07) is 10.1. The van der Waals surface area contributed by atoms with Crippen LogP contribution in [0.3, 0.4) is 0 Å². The van der Waals surface area contributed by atoms with E-state index in [1.54, 1.807) is 0 Å². The summed E-state index contributed by atoms with van der Waals surface area (Å²) in [7, 11) is 0. The van der Waals surface area contributed by atoms with Gasteiger partial charge in [-0.3, -0.25) is 4.79 Å². The van der Waals surface area contributed by atoms with Crippen LogP contribution in [0.4, 0.5) is 5.82 Å². The lowest BCUT2D eigenvalue weighted by molar-refractivity contribution is -0.137. The van der Waals surface area contributed by atoms with E-state index >= 15 is 0 Å². The van der Waals surface area contributed by atoms with Crippen LogP contribution in [0.15, 0.2) is 24.3 Å². The number of hydrogen-bond donors (Lipinski definition) is 1. The molecule has 122 valence electrons. The van der Waals surface area contributed by atoms with Crippen molar-refractivity contribution in [3.8, 4) is 6.07 Å². The molecule has 1 aromatic heterocycles. The van der Waals surface area contributed by atoms with E-state index in [9.17, 15) is 10.1 Å². The predicted molar refractivity (Wildman–Crippen MR) is 89.7 cm³/mol. The largest absolute Gasteiger partial charge is 0.366 e. The monoisotopic (exact) mass is 322 g/mol. The summed E-state index contributed by atoms with van der Waals surface area (Å²) in [6.45, 7) is 3.47. The van der Waals surface area contributed by atoms with E-state index in [-0.39, 0.29) is 24.7 Å². The number of aromatic nitrogens is 1. The van der Waals surface area contributed by atoms with Gasteiger partial charge in [-0.15, -0.1) is 0 Å². The Bertz CT molecular complexity index is 858. The first-order valence-corrected chi connectivity index (χ1v) is 8.12. The van der Waals surface area contributed by atoms with Crippen LogP contribution >= 0.6 is 0 Å². The standard InChI is InChI=1S/C18H18N4O2/c1-11-12-4-2-3-5-14(12)21-18(13(11)8-19)22-7-6-16-15(9-22)20-17(23)10-24-16/h2-5,15-16H,6-7,9-10H2,1H3,(H,20,23)/t15-,16+/m0/s1. The summed E-state index contributed by atoms with van der Waals surface area (Å²) in [5, 5.41) is 13.6. The van der Waals surface area contributed by atoms with Crippen LogP contribution in [0.2, 0.25) is 0 Å². The Morgan fingerprint density at radius 2 is 2.25 bits per heavy atom. The molecule has 24 heavy (non-hydrogen) atoms. The summed E-state index contributed by atoms with van der Waals surface area (Å²) < 4.78 is 5.60. The number of piperidine rings is 1. The fraction of sp³-hybridized carbons (Fsp3) is 0.389. The number of morpholine rings is 1. The lowest BCUT2D eigenvalue weighted by atomic mass is 9.98. The van der Waals surface area contributed by atoms with Crippen molar-refractivity contribution in [2.75, 3.05) is 24.6 Å². The topological polar surface area (TPSA) is 78.2 Å². The Morgan fingerprint density at radius 3 is 3.08 bits per heavy atom. The number of hydrogen-bond acceptors (Lipinski definition) is 5. The van der Waals surface area contributed by atoms with Gasteiger partial charge in [-0.2, -0.15) is 5.26 Å². The van der Waals surface area contributed by atoms with Crippen molar-refractivity contribution in [2.24, 2.45) is 0 Å². The molecule has 0 unspecified atom stereocenters. The van der Waals surface area contributed by atoms with Crippen LogP contribution in [0.1, 0.15) is 17.5 Å². The molecule has 1 amide bonds. The quantitative estimate of drug-likeness (QED) is 0.861. The van der Waals surface area contributed by atoms with Gasteiger partial charge < -0.3 is 15.0 Å². The lowest BCUT2D eigenvalue weighted by Gasteiger charge is -2.41. The van der Waals surface area contributed by atoms with Crippen molar-refractivity contribution in [3.05, 3.63) is 35.4 Å². The van der Waals surface area contributed by atoms with Gasteiger partial charge in [0.25, 0.3) is 0 Å². The number of para-hydroxylation sites is 1. The molecule has 2 aromatic rings. The van der Waals surface area contributed by atoms with Gasteiger partial charge in [0.15, 0.2) is 0 Å². The second kappa shape index (κ2) is 5.77. The van der Waals surface area contributed by atoms with Crippen LogP contribution in [-0.4, -0.2) is 42.7 Å². The Labute approximate surface area is 140 Å². The Hall–Kier alpha value is -2.65. The average Bonchev–Trinajstić information content (AvgIpc) is 2.61. The number of fused-ring (bicyclic) bond motifs is 2. The molecular formula is C18H18N4O2. The number of nitrogens with zero attached hydrogens (tertiary/aromatic N) is 3. The van der Waals surface area contributed by atoms with Crippen molar-refractivity contribution in [1.82, 2.24) is 10.3 Å². The highest BCUT2D eigenvalue weighted by Crippen LogP contribution is 2.30. The number of benzene rings is 1. The van der Waals surface area contributed by atoms with Crippen molar-refractivity contribution < 1.29 is 9.53 Å². The molecule has 0 saturated carbocycles. The summed E-state index contributed by atoms with van der Waals surface area (Å²) >= 11 is 0. The summed E-state index contributed by atoms with van der Waals surface area (Å²) in [5.41, 5.74) is 2.44. The molecule has 0 bridgehead atoms. The molecule has 2 saturated heterocycles. The zero-order chi connectivity index (χ0) is 16.7. The van der Waals surface area contributed by atoms with Crippen LogP contribution < -0.4 is 10.2 Å². The molecule has 2 aliphatic rings. The number of carbonyl (C=O) groups is 1. The molecule has 0 spiro atoms. The Kier molecular flexibility index (Phi) is 3.58. The highest BCUT2D eigenvalue weighted by Gasteiger charge is 2.36. The number of rotatable bonds is 1. The van der Waals surface area contributed by atoms with Crippen molar-refractivity contribution in [1.29, 1.82) is 5.26 Å². The van der Waals surface area contributed by atoms with E-state index in [2.05, 4.69) is 16.3 Å². The fourth-order valence-corrected chi connectivity index (χ4v) is 3.62. The third kappa shape index (κ3) is 2.38. The third-order valence-corrected chi connectivity index (χ3v) is 4.87. The number of amides is 1. The first-order valence-electron chi connectivity index (χ1n) is 8.12. The van der Waals surface area contributed by atoms with Crippen LogP contribution in [-0.2, 0) is 9.53 Å². The second-order valence-corrected chi connectivity index (χ2v) is 6.32. The van der Waals surface area contributed by atoms with E-state index < -0.39 is 0 Å². The Morgan fingerprint density at radius 1 is 1.42 bits per heavy atom. The second-order valence-electron chi connectivity index (χ2n) is 6.32. The van der Waals surface area contributed by atoms with Crippen molar-refractivity contribution in [3.63, 3.8) is 0 Å². The Balaban J connectivity index is 1.74. The summed E-state index contributed by atoms with van der Waals surface area (Å²) in [4.78, 5) is 18.4. The molecule has 1 N–H and O–H groups in total. The van der Waals surface area contributed by atoms with E-state index in [0.29, 0.717) is 17.9 Å². The van der Waals surface area contributed by atoms with E-state index in [4.69, 9.17) is 9.72 Å². The van der Waals surface area contributed by atoms with Crippen LogP contribution in [0, 0.1) is 18.3 Å². The van der Waals surface area contributed by atoms with Gasteiger partial charge in [-0.1, -0.05) is 18.2 Å². The minimum absolute atomic E-state index is 0.0473. The highest BCUT2D eigenvalue weighted by atomic mass is 16.5. The molecular weight excluding hydrogens is 304 g/mol. The number of ether oxygens (including phenoxy) is 1. The van der Waals surface area contributed by atoms with E-state index in [0.717, 1.165) is 29.4 Å². The van der Waals surface area contributed by atoms with E-state index in [1.165, 1.54) is 0 Å². The molecule has 0 aliphatic carbocycles. The predicted octanol–water partition coefficient (Wildman–Crippen LogP) is 1.51. The zero-order valence-corrected chi connectivity index (χ0v) is 13.5. The van der Waals surface area contributed by atoms with Crippen molar-refractivity contribution in [2.45, 2.75) is 25.5 Å². The fourth-order valence-electron chi connectivity index (χ4n) is 3.62. The first-order chi connectivity index (χ1) is 11.7. The average molecular weight is 322 g/mol. The molecule has 3 heterocycles. The SMILES string of the molecule is Cc1c(C#N)c(N2CC[C@H]3OCC(=O)N[C@H]3C2)nc2ccccc12. The molecule has 1 aromatic carbocycles. The van der Waals surface area contributed by atoms with Crippen molar-refractivity contribution >= 4 is 22.6 Å². The van der Waals surface area contributed by atoms with Gasteiger partial charge in [-0.25, -0.2) is 4.98 Å². The molecule has 2 atom stereocenters. The molecule has 6 heteroatoms. The highest BCUT2D eigenvalue weighted by molar-refractivity contribution is 5.87. The molecule has 0 radical (unpaired) electrons. The van der Waals surface area contributed by atoms with Crippen LogP contribution in [0.5, 0.6) is 0 Å². The molecule has 6 nitrogen and oxygen atoms in total. The summed E-state index contributed by atoms with van der Waals surface area (Å²) in [5.74, 6) is 0.619. The third-order valence-electron chi connectivity index (χ3n) is 4.87. The van der Waals surface area contributed by atoms with Gasteiger partial charge in [0.05, 0.1) is 23.2 Å². The number of aryl methyl sites for hydroxylation is 1. The first kappa shape index (κ1) is 14.9. The maximum Gasteiger partial charge on any atom is 0.246 e. The van der Waals surface area contributed by atoms with Gasteiger partial charge in [0, 0.05) is 18.5 Å². The zero-order valence-electron chi connectivity index (χ0n) is 13.5. The minimum atomic E-state index is -0.0822. The molecule has 2 aliphatic heterocycles. The minimum Gasteiger partial charge on any atom is -0.366 e.